The summed E-state index contributed by atoms with van der Waals surface area (Å²) in [5.74, 6) is 0.463. The average molecular weight is 296 g/mol. The second-order valence-corrected chi connectivity index (χ2v) is 4.70. The molecule has 0 spiro atoms. The van der Waals surface area contributed by atoms with E-state index in [1.165, 1.54) is 6.07 Å². The quantitative estimate of drug-likeness (QED) is 0.909. The Labute approximate surface area is 120 Å². The van der Waals surface area contributed by atoms with Crippen molar-refractivity contribution >= 4 is 0 Å². The smallest absolute Gasteiger partial charge is 0.416 e. The summed E-state index contributed by atoms with van der Waals surface area (Å²) in [5, 5.41) is 9.62. The second-order valence-electron chi connectivity index (χ2n) is 4.70. The molecule has 1 N–H and O–H groups in total. The highest BCUT2D eigenvalue weighted by atomic mass is 19.4. The first-order valence-corrected chi connectivity index (χ1v) is 6.44. The van der Waals surface area contributed by atoms with Crippen molar-refractivity contribution in [1.29, 1.82) is 0 Å². The van der Waals surface area contributed by atoms with Gasteiger partial charge in [-0.25, -0.2) is 0 Å². The molecule has 1 atom stereocenters. The van der Waals surface area contributed by atoms with Crippen molar-refractivity contribution in [3.05, 3.63) is 65.2 Å². The summed E-state index contributed by atoms with van der Waals surface area (Å²) < 4.78 is 43.4. The first-order chi connectivity index (χ1) is 9.88. The zero-order valence-corrected chi connectivity index (χ0v) is 11.4. The molecule has 0 aromatic heterocycles. The molecule has 0 amide bonds. The third kappa shape index (κ3) is 3.98. The van der Waals surface area contributed by atoms with Gasteiger partial charge in [0.2, 0.25) is 0 Å². The van der Waals surface area contributed by atoms with Gasteiger partial charge in [0, 0.05) is 5.56 Å². The number of para-hydroxylation sites is 1. The predicted octanol–water partition coefficient (Wildman–Crippen LogP) is 4.34. The Bertz CT molecular complexity index is 606. The fraction of sp³-hybridized carbons (Fsp3) is 0.250. The summed E-state index contributed by atoms with van der Waals surface area (Å²) in [4.78, 5) is 0. The first kappa shape index (κ1) is 15.4. The van der Waals surface area contributed by atoms with Crippen LogP contribution in [0.25, 0.3) is 0 Å². The van der Waals surface area contributed by atoms with Crippen molar-refractivity contribution in [2.75, 3.05) is 0 Å². The Morgan fingerprint density at radius 2 is 1.81 bits per heavy atom. The molecule has 0 bridgehead atoms. The Morgan fingerprint density at radius 1 is 1.10 bits per heavy atom. The van der Waals surface area contributed by atoms with Crippen LogP contribution in [0.15, 0.2) is 48.5 Å². The molecule has 21 heavy (non-hydrogen) atoms. The molecule has 0 unspecified atom stereocenters. The number of alkyl halides is 3. The molecule has 5 heteroatoms. The molecule has 2 nitrogen and oxygen atoms in total. The van der Waals surface area contributed by atoms with Crippen LogP contribution in [0.5, 0.6) is 5.75 Å². The van der Waals surface area contributed by atoms with E-state index < -0.39 is 17.8 Å². The van der Waals surface area contributed by atoms with Gasteiger partial charge in [-0.3, -0.25) is 0 Å². The Kier molecular flexibility index (Phi) is 4.53. The van der Waals surface area contributed by atoms with Gasteiger partial charge in [-0.15, -0.1) is 0 Å². The highest BCUT2D eigenvalue weighted by Crippen LogP contribution is 2.30. The summed E-state index contributed by atoms with van der Waals surface area (Å²) in [7, 11) is 0. The SMILES string of the molecule is C[C@H](O)c1ccccc1OCc1cccc(C(F)(F)F)c1. The summed E-state index contributed by atoms with van der Waals surface area (Å²) in [5.41, 5.74) is 0.321. The fourth-order valence-corrected chi connectivity index (χ4v) is 1.96. The average Bonchev–Trinajstić information content (AvgIpc) is 2.45. The summed E-state index contributed by atoms with van der Waals surface area (Å²) >= 11 is 0. The van der Waals surface area contributed by atoms with Crippen LogP contribution in [-0.2, 0) is 12.8 Å². The second kappa shape index (κ2) is 6.18. The molecule has 0 aliphatic heterocycles. The van der Waals surface area contributed by atoms with Gasteiger partial charge in [0.15, 0.2) is 0 Å². The molecule has 0 saturated carbocycles. The van der Waals surface area contributed by atoms with Crippen LogP contribution in [-0.4, -0.2) is 5.11 Å². The molecule has 0 aliphatic carbocycles. The minimum absolute atomic E-state index is 0.00759. The maximum Gasteiger partial charge on any atom is 0.416 e. The molecule has 0 radical (unpaired) electrons. The van der Waals surface area contributed by atoms with Crippen LogP contribution in [0.3, 0.4) is 0 Å². The molecule has 0 heterocycles. The third-order valence-electron chi connectivity index (χ3n) is 3.02. The van der Waals surface area contributed by atoms with Gasteiger partial charge >= 0.3 is 6.18 Å². The minimum Gasteiger partial charge on any atom is -0.489 e. The highest BCUT2D eigenvalue weighted by Gasteiger charge is 2.30. The topological polar surface area (TPSA) is 29.5 Å². The van der Waals surface area contributed by atoms with Crippen molar-refractivity contribution in [3.63, 3.8) is 0 Å². The maximum absolute atomic E-state index is 12.6. The number of halogens is 3. The van der Waals surface area contributed by atoms with Crippen LogP contribution in [0.2, 0.25) is 0 Å². The zero-order valence-electron chi connectivity index (χ0n) is 11.4. The van der Waals surface area contributed by atoms with E-state index in [-0.39, 0.29) is 6.61 Å². The summed E-state index contributed by atoms with van der Waals surface area (Å²) in [6.07, 6.45) is -5.07. The lowest BCUT2D eigenvalue weighted by Gasteiger charge is -2.14. The Balaban J connectivity index is 2.14. The first-order valence-electron chi connectivity index (χ1n) is 6.44. The van der Waals surface area contributed by atoms with Crippen molar-refractivity contribution in [2.45, 2.75) is 25.8 Å². The standard InChI is InChI=1S/C16H15F3O2/c1-11(20)14-7-2-3-8-15(14)21-10-12-5-4-6-13(9-12)16(17,18)19/h2-9,11,20H,10H2,1H3/t11-/m0/s1. The number of aliphatic hydroxyl groups is 1. The van der Waals surface area contributed by atoms with E-state index in [0.29, 0.717) is 16.9 Å². The lowest BCUT2D eigenvalue weighted by atomic mass is 10.1. The highest BCUT2D eigenvalue weighted by molar-refractivity contribution is 5.35. The Hall–Kier alpha value is -2.01. The van der Waals surface area contributed by atoms with Crippen molar-refractivity contribution in [1.82, 2.24) is 0 Å². The van der Waals surface area contributed by atoms with Gasteiger partial charge in [-0.2, -0.15) is 13.2 Å². The number of hydrogen-bond donors (Lipinski definition) is 1. The van der Waals surface area contributed by atoms with Crippen LogP contribution < -0.4 is 4.74 Å². The number of ether oxygens (including phenoxy) is 1. The third-order valence-corrected chi connectivity index (χ3v) is 3.02. The van der Waals surface area contributed by atoms with E-state index >= 15 is 0 Å². The van der Waals surface area contributed by atoms with Crippen LogP contribution in [0.4, 0.5) is 13.2 Å². The lowest BCUT2D eigenvalue weighted by molar-refractivity contribution is -0.137. The molecule has 0 aliphatic rings. The molecule has 112 valence electrons. The normalized spacial score (nSPS) is 13.0. The van der Waals surface area contributed by atoms with Crippen LogP contribution in [0.1, 0.15) is 29.7 Å². The zero-order chi connectivity index (χ0) is 15.5. The van der Waals surface area contributed by atoms with E-state index in [9.17, 15) is 18.3 Å². The molecule has 2 rings (SSSR count). The van der Waals surface area contributed by atoms with E-state index in [0.717, 1.165) is 12.1 Å². The molecule has 2 aromatic carbocycles. The molecule has 0 fully saturated rings. The van der Waals surface area contributed by atoms with Crippen LogP contribution in [0, 0.1) is 0 Å². The van der Waals surface area contributed by atoms with Crippen molar-refractivity contribution in [3.8, 4) is 5.75 Å². The lowest BCUT2D eigenvalue weighted by Crippen LogP contribution is -2.06. The van der Waals surface area contributed by atoms with Crippen molar-refractivity contribution in [2.24, 2.45) is 0 Å². The van der Waals surface area contributed by atoms with Gasteiger partial charge in [0.05, 0.1) is 11.7 Å². The van der Waals surface area contributed by atoms with E-state index in [2.05, 4.69) is 0 Å². The Morgan fingerprint density at radius 3 is 2.48 bits per heavy atom. The van der Waals surface area contributed by atoms with Crippen LogP contribution >= 0.6 is 0 Å². The number of benzene rings is 2. The largest absolute Gasteiger partial charge is 0.489 e. The van der Waals surface area contributed by atoms with Crippen molar-refractivity contribution < 1.29 is 23.0 Å². The van der Waals surface area contributed by atoms with Gasteiger partial charge < -0.3 is 9.84 Å². The molecule has 2 aromatic rings. The number of hydrogen-bond acceptors (Lipinski definition) is 2. The van der Waals surface area contributed by atoms with Gasteiger partial charge in [0.25, 0.3) is 0 Å². The maximum atomic E-state index is 12.6. The summed E-state index contributed by atoms with van der Waals surface area (Å²) in [6, 6.07) is 11.9. The summed E-state index contributed by atoms with van der Waals surface area (Å²) in [6.45, 7) is 1.61. The van der Waals surface area contributed by atoms with E-state index in [1.54, 1.807) is 37.3 Å². The minimum atomic E-state index is -4.37. The fourth-order valence-electron chi connectivity index (χ4n) is 1.96. The number of aliphatic hydroxyl groups excluding tert-OH is 1. The van der Waals surface area contributed by atoms with E-state index in [1.807, 2.05) is 0 Å². The van der Waals surface area contributed by atoms with Gasteiger partial charge in [0.1, 0.15) is 12.4 Å². The van der Waals surface area contributed by atoms with Gasteiger partial charge in [-0.1, -0.05) is 30.3 Å². The monoisotopic (exact) mass is 296 g/mol. The van der Waals surface area contributed by atoms with E-state index in [4.69, 9.17) is 4.74 Å². The molecular weight excluding hydrogens is 281 g/mol. The number of rotatable bonds is 4. The molecular formula is C16H15F3O2. The van der Waals surface area contributed by atoms with Gasteiger partial charge in [-0.05, 0) is 30.7 Å². The predicted molar refractivity (Wildman–Crippen MR) is 72.9 cm³/mol. The molecule has 0 saturated heterocycles.